The van der Waals surface area contributed by atoms with E-state index >= 15 is 0 Å². The van der Waals surface area contributed by atoms with Crippen molar-refractivity contribution in [2.75, 3.05) is 5.73 Å². The third-order valence-electron chi connectivity index (χ3n) is 1.87. The minimum Gasteiger partial charge on any atom is -0.374 e. The first-order chi connectivity index (χ1) is 8.19. The fourth-order valence-electron chi connectivity index (χ4n) is 1.13. The zero-order valence-electron chi connectivity index (χ0n) is 10.8. The van der Waals surface area contributed by atoms with Crippen LogP contribution in [-0.4, -0.2) is 33.6 Å². The number of carbonyl (C=O) groups excluding carboxylic acids is 2. The van der Waals surface area contributed by atoms with Gasteiger partial charge in [-0.05, 0) is 27.7 Å². The predicted molar refractivity (Wildman–Crippen MR) is 69.1 cm³/mol. The summed E-state index contributed by atoms with van der Waals surface area (Å²) in [6.07, 6.45) is 0. The molecule has 0 saturated carbocycles. The average Bonchev–Trinajstić information content (AvgIpc) is 2.62. The predicted octanol–water partition coefficient (Wildman–Crippen LogP) is 0.153. The zero-order valence-corrected chi connectivity index (χ0v) is 11.6. The van der Waals surface area contributed by atoms with Crippen LogP contribution in [0.25, 0.3) is 0 Å². The summed E-state index contributed by atoms with van der Waals surface area (Å²) in [5.41, 5.74) is 5.03. The Morgan fingerprint density at radius 2 is 1.94 bits per heavy atom. The monoisotopic (exact) mass is 271 g/mol. The van der Waals surface area contributed by atoms with Crippen LogP contribution in [0.3, 0.4) is 0 Å². The molecule has 8 heteroatoms. The Bertz CT molecular complexity index is 451. The molecule has 1 unspecified atom stereocenters. The van der Waals surface area contributed by atoms with Crippen LogP contribution in [0, 0.1) is 0 Å². The van der Waals surface area contributed by atoms with Gasteiger partial charge in [0, 0.05) is 5.54 Å². The second-order valence-electron chi connectivity index (χ2n) is 4.88. The van der Waals surface area contributed by atoms with E-state index in [1.54, 1.807) is 6.92 Å². The minimum atomic E-state index is -0.651. The Kier molecular flexibility index (Phi) is 4.23. The Hall–Kier alpha value is -1.70. The van der Waals surface area contributed by atoms with Gasteiger partial charge in [0.05, 0.1) is 0 Å². The first kappa shape index (κ1) is 14.4. The summed E-state index contributed by atoms with van der Waals surface area (Å²) in [4.78, 5) is 23.4. The average molecular weight is 271 g/mol. The van der Waals surface area contributed by atoms with Gasteiger partial charge in [0.1, 0.15) is 6.04 Å². The molecule has 100 valence electrons. The molecule has 1 aromatic heterocycles. The maximum Gasteiger partial charge on any atom is 0.282 e. The highest BCUT2D eigenvalue weighted by atomic mass is 32.1. The van der Waals surface area contributed by atoms with Crippen LogP contribution in [0.15, 0.2) is 0 Å². The molecule has 0 aliphatic carbocycles. The highest BCUT2D eigenvalue weighted by Crippen LogP contribution is 2.10. The first-order valence-electron chi connectivity index (χ1n) is 5.41. The van der Waals surface area contributed by atoms with E-state index in [1.807, 2.05) is 20.8 Å². The van der Waals surface area contributed by atoms with Gasteiger partial charge in [-0.1, -0.05) is 11.3 Å². The van der Waals surface area contributed by atoms with Crippen molar-refractivity contribution < 1.29 is 9.59 Å². The normalized spacial score (nSPS) is 12.9. The number of hydrogen-bond acceptors (Lipinski definition) is 6. The Labute approximate surface area is 109 Å². The number of nitrogen functional groups attached to an aromatic ring is 1. The standard InChI is InChI=1S/C10H17N5O2S/c1-5(6(16)13-10(2,3)4)12-7(17)8-14-15-9(11)18-8/h5H,1-4H3,(H2,11,15)(H,12,17)(H,13,16). The highest BCUT2D eigenvalue weighted by Gasteiger charge is 2.22. The second-order valence-corrected chi connectivity index (χ2v) is 5.89. The largest absolute Gasteiger partial charge is 0.374 e. The summed E-state index contributed by atoms with van der Waals surface area (Å²) in [7, 11) is 0. The van der Waals surface area contributed by atoms with E-state index in [4.69, 9.17) is 5.73 Å². The molecule has 0 saturated heterocycles. The van der Waals surface area contributed by atoms with Crippen LogP contribution in [-0.2, 0) is 4.79 Å². The molecule has 18 heavy (non-hydrogen) atoms. The van der Waals surface area contributed by atoms with Gasteiger partial charge in [0.15, 0.2) is 0 Å². The number of aromatic nitrogens is 2. The van der Waals surface area contributed by atoms with E-state index < -0.39 is 11.9 Å². The van der Waals surface area contributed by atoms with Crippen molar-refractivity contribution in [2.24, 2.45) is 0 Å². The topological polar surface area (TPSA) is 110 Å². The smallest absolute Gasteiger partial charge is 0.282 e. The third kappa shape index (κ3) is 4.28. The van der Waals surface area contributed by atoms with Crippen molar-refractivity contribution in [1.29, 1.82) is 0 Å². The van der Waals surface area contributed by atoms with Gasteiger partial charge in [-0.2, -0.15) is 0 Å². The van der Waals surface area contributed by atoms with Crippen molar-refractivity contribution in [3.05, 3.63) is 5.01 Å². The molecule has 1 atom stereocenters. The Balaban J connectivity index is 2.57. The maximum atomic E-state index is 11.7. The molecule has 7 nitrogen and oxygen atoms in total. The van der Waals surface area contributed by atoms with Crippen LogP contribution in [0.2, 0.25) is 0 Å². The number of anilines is 1. The van der Waals surface area contributed by atoms with E-state index in [0.717, 1.165) is 11.3 Å². The summed E-state index contributed by atoms with van der Waals surface area (Å²) in [5, 5.41) is 12.8. The van der Waals surface area contributed by atoms with Crippen LogP contribution in [0.1, 0.15) is 37.5 Å². The van der Waals surface area contributed by atoms with E-state index in [-0.39, 0.29) is 21.6 Å². The van der Waals surface area contributed by atoms with Gasteiger partial charge in [0.25, 0.3) is 5.91 Å². The molecule has 0 bridgehead atoms. The number of nitrogens with one attached hydrogen (secondary N) is 2. The summed E-state index contributed by atoms with van der Waals surface area (Å²) < 4.78 is 0. The van der Waals surface area contributed by atoms with Crippen molar-refractivity contribution >= 4 is 28.3 Å². The van der Waals surface area contributed by atoms with Crippen molar-refractivity contribution in [3.8, 4) is 0 Å². The molecular weight excluding hydrogens is 254 g/mol. The number of nitrogens with two attached hydrogens (primary N) is 1. The molecule has 0 aliphatic rings. The van der Waals surface area contributed by atoms with Gasteiger partial charge in [-0.15, -0.1) is 10.2 Å². The number of carbonyl (C=O) groups is 2. The maximum absolute atomic E-state index is 11.7. The molecule has 4 N–H and O–H groups in total. The fourth-order valence-corrected chi connectivity index (χ4v) is 1.64. The third-order valence-corrected chi connectivity index (χ3v) is 2.63. The van der Waals surface area contributed by atoms with Gasteiger partial charge in [0.2, 0.25) is 16.0 Å². The van der Waals surface area contributed by atoms with Crippen LogP contribution < -0.4 is 16.4 Å². The SMILES string of the molecule is CC(NC(=O)c1nnc(N)s1)C(=O)NC(C)(C)C. The van der Waals surface area contributed by atoms with E-state index in [0.29, 0.717) is 0 Å². The molecule has 0 aromatic carbocycles. The van der Waals surface area contributed by atoms with E-state index in [9.17, 15) is 9.59 Å². The summed E-state index contributed by atoms with van der Waals surface area (Å²) in [6.45, 7) is 7.20. The number of rotatable bonds is 3. The van der Waals surface area contributed by atoms with Gasteiger partial charge in [-0.3, -0.25) is 9.59 Å². The first-order valence-corrected chi connectivity index (χ1v) is 6.22. The molecule has 0 radical (unpaired) electrons. The molecule has 1 aromatic rings. The van der Waals surface area contributed by atoms with Crippen LogP contribution >= 0.6 is 11.3 Å². The van der Waals surface area contributed by atoms with E-state index in [1.165, 1.54) is 0 Å². The van der Waals surface area contributed by atoms with Crippen molar-refractivity contribution in [3.63, 3.8) is 0 Å². The lowest BCUT2D eigenvalue weighted by molar-refractivity contribution is -0.124. The molecule has 1 rings (SSSR count). The summed E-state index contributed by atoms with van der Waals surface area (Å²) >= 11 is 0.974. The molecule has 1 heterocycles. The van der Waals surface area contributed by atoms with Crippen LogP contribution in [0.4, 0.5) is 5.13 Å². The van der Waals surface area contributed by atoms with Gasteiger partial charge < -0.3 is 16.4 Å². The number of hydrogen-bond donors (Lipinski definition) is 3. The zero-order chi connectivity index (χ0) is 13.9. The van der Waals surface area contributed by atoms with E-state index in [2.05, 4.69) is 20.8 Å². The molecule has 0 fully saturated rings. The summed E-state index contributed by atoms with van der Waals surface area (Å²) in [5.74, 6) is -0.714. The Morgan fingerprint density at radius 1 is 1.33 bits per heavy atom. The quantitative estimate of drug-likeness (QED) is 0.725. The molecular formula is C10H17N5O2S. The minimum absolute atomic E-state index is 0.142. The lowest BCUT2D eigenvalue weighted by Crippen LogP contribution is -2.50. The number of nitrogens with zero attached hydrogens (tertiary/aromatic N) is 2. The van der Waals surface area contributed by atoms with Gasteiger partial charge in [-0.25, -0.2) is 0 Å². The van der Waals surface area contributed by atoms with Crippen molar-refractivity contribution in [1.82, 2.24) is 20.8 Å². The highest BCUT2D eigenvalue weighted by molar-refractivity contribution is 7.16. The molecule has 0 aliphatic heterocycles. The van der Waals surface area contributed by atoms with Crippen LogP contribution in [0.5, 0.6) is 0 Å². The number of amides is 2. The summed E-state index contributed by atoms with van der Waals surface area (Å²) in [6, 6.07) is -0.651. The lowest BCUT2D eigenvalue weighted by atomic mass is 10.1. The molecule has 0 spiro atoms. The van der Waals surface area contributed by atoms with Gasteiger partial charge >= 0.3 is 0 Å². The molecule has 2 amide bonds. The fraction of sp³-hybridized carbons (Fsp3) is 0.600. The lowest BCUT2D eigenvalue weighted by Gasteiger charge is -2.23. The van der Waals surface area contributed by atoms with Crippen molar-refractivity contribution in [2.45, 2.75) is 39.3 Å². The second kappa shape index (κ2) is 5.30. The Morgan fingerprint density at radius 3 is 2.39 bits per heavy atom.